The van der Waals surface area contributed by atoms with Gasteiger partial charge in [-0.3, -0.25) is 9.59 Å². The molecule has 1 unspecified atom stereocenters. The molecule has 0 saturated carbocycles. The molecule has 1 fully saturated rings. The molecule has 1 aromatic carbocycles. The molecule has 0 radical (unpaired) electrons. The van der Waals surface area contributed by atoms with Crippen LogP contribution in [0.4, 0.5) is 0 Å². The summed E-state index contributed by atoms with van der Waals surface area (Å²) in [5.74, 6) is 0.264. The molecule has 0 aromatic heterocycles. The van der Waals surface area contributed by atoms with Crippen molar-refractivity contribution in [3.8, 4) is 5.75 Å². The van der Waals surface area contributed by atoms with Crippen molar-refractivity contribution in [2.24, 2.45) is 5.92 Å². The lowest BCUT2D eigenvalue weighted by atomic mass is 10.1. The number of amides is 2. The number of rotatable bonds is 8. The van der Waals surface area contributed by atoms with Crippen molar-refractivity contribution in [1.29, 1.82) is 0 Å². The van der Waals surface area contributed by atoms with Gasteiger partial charge < -0.3 is 24.4 Å². The van der Waals surface area contributed by atoms with E-state index in [1.165, 1.54) is 14.2 Å². The topological polar surface area (TPSA) is 77.1 Å². The quantitative estimate of drug-likeness (QED) is 0.710. The van der Waals surface area contributed by atoms with Crippen molar-refractivity contribution in [3.63, 3.8) is 0 Å². The first-order valence-electron chi connectivity index (χ1n) is 7.81. The molecule has 0 spiro atoms. The molecule has 2 rings (SSSR count). The normalized spacial score (nSPS) is 17.4. The molecule has 1 saturated heterocycles. The number of benzene rings is 1. The highest BCUT2D eigenvalue weighted by atomic mass is 16.7. The molecule has 1 aliphatic heterocycles. The summed E-state index contributed by atoms with van der Waals surface area (Å²) in [7, 11) is 4.63. The predicted molar refractivity (Wildman–Crippen MR) is 87.3 cm³/mol. The van der Waals surface area contributed by atoms with Gasteiger partial charge in [-0.2, -0.15) is 0 Å². The van der Waals surface area contributed by atoms with Crippen LogP contribution in [0.5, 0.6) is 5.75 Å². The third-order valence-electron chi connectivity index (χ3n) is 4.09. The standard InChI is InChI=1S/C17H24N2O5/c1-22-14-6-4-12(5-7-14)10-19-11-13(8-15(19)20)17(21)18-9-16(23-2)24-3/h4-7,13,16H,8-11H2,1-3H3,(H,18,21). The Morgan fingerprint density at radius 2 is 1.92 bits per heavy atom. The van der Waals surface area contributed by atoms with Crippen LogP contribution in [0.15, 0.2) is 24.3 Å². The first kappa shape index (κ1) is 18.2. The second-order valence-electron chi connectivity index (χ2n) is 5.67. The van der Waals surface area contributed by atoms with Crippen molar-refractivity contribution in [3.05, 3.63) is 29.8 Å². The molecule has 2 amide bonds. The van der Waals surface area contributed by atoms with Crippen molar-refractivity contribution >= 4 is 11.8 Å². The van der Waals surface area contributed by atoms with Gasteiger partial charge in [0.2, 0.25) is 11.8 Å². The third-order valence-corrected chi connectivity index (χ3v) is 4.09. The van der Waals surface area contributed by atoms with Gasteiger partial charge in [0, 0.05) is 33.7 Å². The fraction of sp³-hybridized carbons (Fsp3) is 0.529. The highest BCUT2D eigenvalue weighted by molar-refractivity contribution is 5.89. The van der Waals surface area contributed by atoms with Gasteiger partial charge in [0.1, 0.15) is 5.75 Å². The van der Waals surface area contributed by atoms with Crippen LogP contribution in [-0.4, -0.2) is 57.4 Å². The Kier molecular flexibility index (Phi) is 6.57. The zero-order chi connectivity index (χ0) is 17.5. The summed E-state index contributed by atoms with van der Waals surface area (Å²) in [5, 5.41) is 2.76. The summed E-state index contributed by atoms with van der Waals surface area (Å²) in [6, 6.07) is 7.55. The Morgan fingerprint density at radius 3 is 2.50 bits per heavy atom. The smallest absolute Gasteiger partial charge is 0.225 e. The molecular weight excluding hydrogens is 312 g/mol. The van der Waals surface area contributed by atoms with E-state index in [9.17, 15) is 9.59 Å². The molecule has 0 aliphatic carbocycles. The summed E-state index contributed by atoms with van der Waals surface area (Å²) in [6.45, 7) is 1.17. The molecule has 132 valence electrons. The zero-order valence-electron chi connectivity index (χ0n) is 14.3. The second-order valence-corrected chi connectivity index (χ2v) is 5.67. The van der Waals surface area contributed by atoms with Crippen molar-refractivity contribution in [1.82, 2.24) is 10.2 Å². The van der Waals surface area contributed by atoms with Crippen LogP contribution in [0.25, 0.3) is 0 Å². The van der Waals surface area contributed by atoms with E-state index in [4.69, 9.17) is 14.2 Å². The highest BCUT2D eigenvalue weighted by Gasteiger charge is 2.34. The van der Waals surface area contributed by atoms with Crippen LogP contribution < -0.4 is 10.1 Å². The van der Waals surface area contributed by atoms with Crippen LogP contribution in [-0.2, 0) is 25.6 Å². The van der Waals surface area contributed by atoms with E-state index in [0.717, 1.165) is 11.3 Å². The number of carbonyl (C=O) groups is 2. The van der Waals surface area contributed by atoms with Gasteiger partial charge >= 0.3 is 0 Å². The molecule has 1 heterocycles. The van der Waals surface area contributed by atoms with Crippen LogP contribution in [0.2, 0.25) is 0 Å². The van der Waals surface area contributed by atoms with E-state index in [2.05, 4.69) is 5.32 Å². The Bertz CT molecular complexity index is 557. The van der Waals surface area contributed by atoms with Crippen LogP contribution in [0.1, 0.15) is 12.0 Å². The first-order chi connectivity index (χ1) is 11.6. The number of ether oxygens (including phenoxy) is 3. The lowest BCUT2D eigenvalue weighted by Crippen LogP contribution is -2.38. The summed E-state index contributed by atoms with van der Waals surface area (Å²) in [6.07, 6.45) is -0.256. The lowest BCUT2D eigenvalue weighted by molar-refractivity contribution is -0.131. The largest absolute Gasteiger partial charge is 0.497 e. The fourth-order valence-electron chi connectivity index (χ4n) is 2.64. The van der Waals surface area contributed by atoms with E-state index < -0.39 is 6.29 Å². The number of hydrogen-bond acceptors (Lipinski definition) is 5. The SMILES string of the molecule is COc1ccc(CN2CC(C(=O)NCC(OC)OC)CC2=O)cc1. The molecule has 1 N–H and O–H groups in total. The second kappa shape index (κ2) is 8.65. The molecule has 24 heavy (non-hydrogen) atoms. The van der Waals surface area contributed by atoms with Gasteiger partial charge in [-0.25, -0.2) is 0 Å². The maximum absolute atomic E-state index is 12.2. The van der Waals surface area contributed by atoms with Gasteiger partial charge in [0.25, 0.3) is 0 Å². The van der Waals surface area contributed by atoms with Crippen LogP contribution >= 0.6 is 0 Å². The van der Waals surface area contributed by atoms with Crippen LogP contribution in [0, 0.1) is 5.92 Å². The molecule has 7 nitrogen and oxygen atoms in total. The molecule has 7 heteroatoms. The molecule has 0 bridgehead atoms. The van der Waals surface area contributed by atoms with E-state index in [-0.39, 0.29) is 30.7 Å². The number of nitrogens with zero attached hydrogens (tertiary/aromatic N) is 1. The number of methoxy groups -OCH3 is 3. The number of hydrogen-bond donors (Lipinski definition) is 1. The lowest BCUT2D eigenvalue weighted by Gasteiger charge is -2.18. The number of nitrogens with one attached hydrogen (secondary N) is 1. The number of likely N-dealkylation sites (tertiary alicyclic amines) is 1. The minimum absolute atomic E-state index is 0.0130. The third kappa shape index (κ3) is 4.69. The molecule has 1 aliphatic rings. The van der Waals surface area contributed by atoms with Crippen molar-refractivity contribution in [2.75, 3.05) is 34.4 Å². The minimum atomic E-state index is -0.485. The van der Waals surface area contributed by atoms with Gasteiger partial charge in [-0.1, -0.05) is 12.1 Å². The van der Waals surface area contributed by atoms with Gasteiger partial charge in [-0.15, -0.1) is 0 Å². The van der Waals surface area contributed by atoms with Crippen LogP contribution in [0.3, 0.4) is 0 Å². The molecule has 1 aromatic rings. The Morgan fingerprint density at radius 1 is 1.25 bits per heavy atom. The van der Waals surface area contributed by atoms with E-state index in [1.54, 1.807) is 12.0 Å². The predicted octanol–water partition coefficient (Wildman–Crippen LogP) is 0.779. The summed E-state index contributed by atoms with van der Waals surface area (Å²) in [5.41, 5.74) is 1.00. The molecule has 1 atom stereocenters. The Hall–Kier alpha value is -2.12. The van der Waals surface area contributed by atoms with E-state index >= 15 is 0 Å². The van der Waals surface area contributed by atoms with Gasteiger partial charge in [0.05, 0.1) is 19.6 Å². The average Bonchev–Trinajstić information content (AvgIpc) is 2.97. The summed E-state index contributed by atoms with van der Waals surface area (Å²) < 4.78 is 15.2. The maximum Gasteiger partial charge on any atom is 0.225 e. The van der Waals surface area contributed by atoms with Crippen molar-refractivity contribution in [2.45, 2.75) is 19.3 Å². The highest BCUT2D eigenvalue weighted by Crippen LogP contribution is 2.21. The van der Waals surface area contributed by atoms with Gasteiger partial charge in [-0.05, 0) is 17.7 Å². The summed E-state index contributed by atoms with van der Waals surface area (Å²) >= 11 is 0. The fourth-order valence-corrected chi connectivity index (χ4v) is 2.64. The van der Waals surface area contributed by atoms with E-state index in [1.807, 2.05) is 24.3 Å². The Labute approximate surface area is 141 Å². The van der Waals surface area contributed by atoms with E-state index in [0.29, 0.717) is 13.1 Å². The number of carbonyl (C=O) groups excluding carboxylic acids is 2. The van der Waals surface area contributed by atoms with Crippen molar-refractivity contribution < 1.29 is 23.8 Å². The zero-order valence-corrected chi connectivity index (χ0v) is 14.3. The monoisotopic (exact) mass is 336 g/mol. The summed E-state index contributed by atoms with van der Waals surface area (Å²) in [4.78, 5) is 26.0. The Balaban J connectivity index is 1.86. The molecular formula is C17H24N2O5. The average molecular weight is 336 g/mol. The first-order valence-corrected chi connectivity index (χ1v) is 7.81. The minimum Gasteiger partial charge on any atom is -0.497 e. The maximum atomic E-state index is 12.2. The van der Waals surface area contributed by atoms with Gasteiger partial charge in [0.15, 0.2) is 6.29 Å².